The number of nitrogens with two attached hydrogens (primary N) is 2. The third-order valence-corrected chi connectivity index (χ3v) is 4.48. The lowest BCUT2D eigenvalue weighted by Gasteiger charge is -2.32. The second-order valence-electron chi connectivity index (χ2n) is 6.17. The van der Waals surface area contributed by atoms with Crippen molar-refractivity contribution in [3.8, 4) is 0 Å². The van der Waals surface area contributed by atoms with Crippen molar-refractivity contribution in [3.05, 3.63) is 48.0 Å². The highest BCUT2D eigenvalue weighted by Crippen LogP contribution is 2.20. The van der Waals surface area contributed by atoms with Crippen molar-refractivity contribution in [2.75, 3.05) is 0 Å². The number of aliphatic imine (C=N–C) groups is 1. The zero-order chi connectivity index (χ0) is 15.4. The molecule has 0 aromatic heterocycles. The van der Waals surface area contributed by atoms with Crippen LogP contribution in [-0.2, 0) is 0 Å². The molecule has 1 saturated carbocycles. The maximum absolute atomic E-state index is 6.02. The first kappa shape index (κ1) is 14.9. The summed E-state index contributed by atoms with van der Waals surface area (Å²) >= 11 is 0. The fourth-order valence-corrected chi connectivity index (χ4v) is 3.20. The van der Waals surface area contributed by atoms with Gasteiger partial charge in [-0.2, -0.15) is 0 Å². The Balaban J connectivity index is 1.65. The summed E-state index contributed by atoms with van der Waals surface area (Å²) in [5.74, 6) is 0. The number of hydrogen-bond donors (Lipinski definition) is 4. The number of nitrogens with one attached hydrogen (secondary N) is 2. The normalized spacial score (nSPS) is 34.8. The third kappa shape index (κ3) is 3.42. The summed E-state index contributed by atoms with van der Waals surface area (Å²) in [5, 5.41) is 6.89. The lowest BCUT2D eigenvalue weighted by Crippen LogP contribution is -2.49. The summed E-state index contributed by atoms with van der Waals surface area (Å²) in [4.78, 5) is 4.69. The molecule has 1 aliphatic heterocycles. The van der Waals surface area contributed by atoms with E-state index in [0.29, 0.717) is 12.1 Å². The lowest BCUT2D eigenvalue weighted by atomic mass is 9.92. The molecule has 0 bridgehead atoms. The predicted molar refractivity (Wildman–Crippen MR) is 91.2 cm³/mol. The van der Waals surface area contributed by atoms with Crippen LogP contribution in [0.3, 0.4) is 0 Å². The van der Waals surface area contributed by atoms with Gasteiger partial charge in [0.2, 0.25) is 0 Å². The summed E-state index contributed by atoms with van der Waals surface area (Å²) in [7, 11) is 0. The molecular weight excluding hydrogens is 274 g/mol. The van der Waals surface area contributed by atoms with Crippen molar-refractivity contribution in [2.45, 2.75) is 49.9 Å². The maximum atomic E-state index is 6.02. The lowest BCUT2D eigenvalue weighted by molar-refractivity contribution is 0.395. The van der Waals surface area contributed by atoms with E-state index < -0.39 is 0 Å². The average molecular weight is 299 g/mol. The van der Waals surface area contributed by atoms with E-state index in [2.05, 4.69) is 34.9 Å². The molecular formula is C17H25N5. The van der Waals surface area contributed by atoms with E-state index >= 15 is 0 Å². The molecule has 0 spiro atoms. The molecule has 0 aromatic carbocycles. The monoisotopic (exact) mass is 299 g/mol. The van der Waals surface area contributed by atoms with Crippen LogP contribution in [0.15, 0.2) is 53.0 Å². The van der Waals surface area contributed by atoms with Crippen LogP contribution in [0.5, 0.6) is 0 Å². The van der Waals surface area contributed by atoms with Crippen LogP contribution in [0.25, 0.3) is 0 Å². The Labute approximate surface area is 131 Å². The van der Waals surface area contributed by atoms with Gasteiger partial charge in [-0.25, -0.2) is 0 Å². The van der Waals surface area contributed by atoms with Crippen molar-refractivity contribution in [3.63, 3.8) is 0 Å². The van der Waals surface area contributed by atoms with Crippen LogP contribution < -0.4 is 22.1 Å². The highest BCUT2D eigenvalue weighted by atomic mass is 15.1. The highest BCUT2D eigenvalue weighted by molar-refractivity contribution is 5.84. The highest BCUT2D eigenvalue weighted by Gasteiger charge is 2.23. The Morgan fingerprint density at radius 1 is 1.23 bits per heavy atom. The average Bonchev–Trinajstić information content (AvgIpc) is 2.55. The van der Waals surface area contributed by atoms with Gasteiger partial charge >= 0.3 is 0 Å². The number of nitrogens with zero attached hydrogens (tertiary/aromatic N) is 1. The van der Waals surface area contributed by atoms with Crippen molar-refractivity contribution in [1.29, 1.82) is 0 Å². The first-order valence-corrected chi connectivity index (χ1v) is 8.05. The summed E-state index contributed by atoms with van der Waals surface area (Å²) < 4.78 is 0. The maximum Gasteiger partial charge on any atom is 0.0685 e. The van der Waals surface area contributed by atoms with Crippen molar-refractivity contribution >= 4 is 6.21 Å². The number of allylic oxidation sites excluding steroid dienone is 3. The van der Waals surface area contributed by atoms with E-state index in [1.54, 1.807) is 6.20 Å². The molecule has 0 aromatic rings. The number of rotatable bonds is 3. The van der Waals surface area contributed by atoms with E-state index in [1.807, 2.05) is 12.4 Å². The van der Waals surface area contributed by atoms with Crippen molar-refractivity contribution in [1.82, 2.24) is 10.6 Å². The van der Waals surface area contributed by atoms with Crippen LogP contribution in [0.2, 0.25) is 0 Å². The molecule has 4 unspecified atom stereocenters. The summed E-state index contributed by atoms with van der Waals surface area (Å²) in [5.41, 5.74) is 13.7. The van der Waals surface area contributed by atoms with E-state index in [-0.39, 0.29) is 12.1 Å². The SMILES string of the molecule is NC=C(C=NC1CCCC(N)C1)C1=CNC2C=CC=CC2N1. The Morgan fingerprint density at radius 2 is 2.05 bits per heavy atom. The molecule has 1 fully saturated rings. The molecule has 22 heavy (non-hydrogen) atoms. The second-order valence-corrected chi connectivity index (χ2v) is 6.17. The Kier molecular flexibility index (Phi) is 4.63. The summed E-state index contributed by atoms with van der Waals surface area (Å²) in [6.45, 7) is 0. The molecule has 3 aliphatic rings. The van der Waals surface area contributed by atoms with Crippen LogP contribution in [-0.4, -0.2) is 30.4 Å². The van der Waals surface area contributed by atoms with Gasteiger partial charge in [0.1, 0.15) is 0 Å². The van der Waals surface area contributed by atoms with Gasteiger partial charge in [-0.3, -0.25) is 4.99 Å². The Hall–Kier alpha value is -2.01. The molecule has 0 radical (unpaired) electrons. The molecule has 3 rings (SSSR count). The van der Waals surface area contributed by atoms with E-state index in [9.17, 15) is 0 Å². The predicted octanol–water partition coefficient (Wildman–Crippen LogP) is 1.07. The third-order valence-electron chi connectivity index (χ3n) is 4.48. The summed E-state index contributed by atoms with van der Waals surface area (Å²) in [6.07, 6.45) is 18.2. The summed E-state index contributed by atoms with van der Waals surface area (Å²) in [6, 6.07) is 1.15. The Bertz CT molecular complexity index is 543. The van der Waals surface area contributed by atoms with Gasteiger partial charge in [-0.05, 0) is 25.7 Å². The smallest absolute Gasteiger partial charge is 0.0685 e. The quantitative estimate of drug-likeness (QED) is 0.587. The van der Waals surface area contributed by atoms with Gasteiger partial charge < -0.3 is 22.1 Å². The van der Waals surface area contributed by atoms with E-state index in [4.69, 9.17) is 16.5 Å². The van der Waals surface area contributed by atoms with Gasteiger partial charge in [-0.15, -0.1) is 0 Å². The molecule has 1 heterocycles. The largest absolute Gasteiger partial charge is 0.404 e. The fraction of sp³-hybridized carbons (Fsp3) is 0.471. The Morgan fingerprint density at radius 3 is 2.82 bits per heavy atom. The van der Waals surface area contributed by atoms with Gasteiger partial charge in [-0.1, -0.05) is 24.3 Å². The van der Waals surface area contributed by atoms with Gasteiger partial charge in [0.25, 0.3) is 0 Å². The van der Waals surface area contributed by atoms with E-state index in [1.165, 1.54) is 0 Å². The second kappa shape index (κ2) is 6.83. The minimum Gasteiger partial charge on any atom is -0.404 e. The molecule has 4 atom stereocenters. The number of hydrogen-bond acceptors (Lipinski definition) is 5. The first-order valence-electron chi connectivity index (χ1n) is 8.05. The molecule has 118 valence electrons. The van der Waals surface area contributed by atoms with Gasteiger partial charge in [0, 0.05) is 30.2 Å². The molecule has 0 amide bonds. The molecule has 5 nitrogen and oxygen atoms in total. The van der Waals surface area contributed by atoms with Crippen LogP contribution in [0.1, 0.15) is 25.7 Å². The van der Waals surface area contributed by atoms with E-state index in [0.717, 1.165) is 37.0 Å². The molecule has 2 aliphatic carbocycles. The van der Waals surface area contributed by atoms with Crippen molar-refractivity contribution < 1.29 is 0 Å². The zero-order valence-electron chi connectivity index (χ0n) is 12.8. The first-order chi connectivity index (χ1) is 10.8. The van der Waals surface area contributed by atoms with Crippen LogP contribution in [0.4, 0.5) is 0 Å². The minimum atomic E-state index is 0.247. The zero-order valence-corrected chi connectivity index (χ0v) is 12.8. The van der Waals surface area contributed by atoms with Gasteiger partial charge in [0.05, 0.1) is 23.8 Å². The topological polar surface area (TPSA) is 88.5 Å². The standard InChI is InChI=1S/C17H25N5/c18-9-12(10-20-14-5-3-4-13(19)8-14)17-11-21-15-6-1-2-7-16(15)22-17/h1-2,6-7,9-11,13-16,21-22H,3-5,8,18-19H2. The van der Waals surface area contributed by atoms with Crippen LogP contribution in [0, 0.1) is 0 Å². The number of fused-ring (bicyclic) bond motifs is 1. The molecule has 6 N–H and O–H groups in total. The molecule has 0 saturated heterocycles. The fourth-order valence-electron chi connectivity index (χ4n) is 3.20. The van der Waals surface area contributed by atoms with Crippen molar-refractivity contribution in [2.24, 2.45) is 16.5 Å². The van der Waals surface area contributed by atoms with Crippen LogP contribution >= 0.6 is 0 Å². The molecule has 5 heteroatoms. The minimum absolute atomic E-state index is 0.247. The van der Waals surface area contributed by atoms with Gasteiger partial charge in [0.15, 0.2) is 0 Å².